The lowest BCUT2D eigenvalue weighted by Crippen LogP contribution is -2.37. The Labute approximate surface area is 103 Å². The molecule has 0 fully saturated rings. The van der Waals surface area contributed by atoms with Crippen LogP contribution in [0.25, 0.3) is 0 Å². The maximum absolute atomic E-state index is 3.59. The van der Waals surface area contributed by atoms with Crippen molar-refractivity contribution in [3.8, 4) is 0 Å². The van der Waals surface area contributed by atoms with Crippen LogP contribution in [-0.2, 0) is 0 Å². The molecule has 0 aliphatic carbocycles. The minimum atomic E-state index is 0.615. The van der Waals surface area contributed by atoms with Gasteiger partial charge in [-0.3, -0.25) is 0 Å². The van der Waals surface area contributed by atoms with E-state index in [1.165, 1.54) is 12.8 Å². The van der Waals surface area contributed by atoms with Gasteiger partial charge in [0.15, 0.2) is 0 Å². The molecule has 0 amide bonds. The summed E-state index contributed by atoms with van der Waals surface area (Å²) in [6.07, 6.45) is 2.49. The molecule has 2 nitrogen and oxygen atoms in total. The Morgan fingerprint density at radius 3 is 1.81 bits per heavy atom. The standard InChI is InChI=1S/C14H32N2/c1-11(2)7-8-15-13(5)9-14(6)16-10-12(3)4/h11-16H,7-10H2,1-6H3. The Kier molecular flexibility index (Phi) is 8.96. The Morgan fingerprint density at radius 1 is 0.750 bits per heavy atom. The molecular weight excluding hydrogens is 196 g/mol. The lowest BCUT2D eigenvalue weighted by Gasteiger charge is -2.21. The fourth-order valence-electron chi connectivity index (χ4n) is 1.75. The molecule has 0 radical (unpaired) electrons. The van der Waals surface area contributed by atoms with E-state index in [4.69, 9.17) is 0 Å². The zero-order valence-corrected chi connectivity index (χ0v) is 12.1. The first-order valence-electron chi connectivity index (χ1n) is 6.88. The lowest BCUT2D eigenvalue weighted by atomic mass is 10.1. The molecule has 0 bridgehead atoms. The molecule has 16 heavy (non-hydrogen) atoms. The third-order valence-electron chi connectivity index (χ3n) is 2.80. The second-order valence-corrected chi connectivity index (χ2v) is 5.98. The number of hydrogen-bond donors (Lipinski definition) is 2. The highest BCUT2D eigenvalue weighted by Gasteiger charge is 2.08. The van der Waals surface area contributed by atoms with Crippen molar-refractivity contribution in [1.82, 2.24) is 10.6 Å². The van der Waals surface area contributed by atoms with Crippen molar-refractivity contribution in [2.24, 2.45) is 11.8 Å². The molecule has 0 aromatic heterocycles. The molecule has 0 aromatic rings. The maximum Gasteiger partial charge on any atom is 0.00535 e. The molecule has 0 saturated heterocycles. The number of nitrogens with one attached hydrogen (secondary N) is 2. The van der Waals surface area contributed by atoms with Gasteiger partial charge in [-0.1, -0.05) is 27.7 Å². The Morgan fingerprint density at radius 2 is 1.31 bits per heavy atom. The Hall–Kier alpha value is -0.0800. The highest BCUT2D eigenvalue weighted by molar-refractivity contribution is 4.70. The normalized spacial score (nSPS) is 15.8. The van der Waals surface area contributed by atoms with Crippen molar-refractivity contribution in [2.45, 2.75) is 66.5 Å². The van der Waals surface area contributed by atoms with E-state index in [1.807, 2.05) is 0 Å². The molecule has 98 valence electrons. The summed E-state index contributed by atoms with van der Waals surface area (Å²) in [5.41, 5.74) is 0. The van der Waals surface area contributed by atoms with Gasteiger partial charge in [-0.05, 0) is 51.6 Å². The second kappa shape index (κ2) is 9.00. The van der Waals surface area contributed by atoms with Crippen molar-refractivity contribution in [1.29, 1.82) is 0 Å². The van der Waals surface area contributed by atoms with Crippen LogP contribution in [0.3, 0.4) is 0 Å². The van der Waals surface area contributed by atoms with Gasteiger partial charge in [0.05, 0.1) is 0 Å². The Bertz CT molecular complexity index is 155. The number of hydrogen-bond acceptors (Lipinski definition) is 2. The van der Waals surface area contributed by atoms with E-state index in [9.17, 15) is 0 Å². The third kappa shape index (κ3) is 10.4. The van der Waals surface area contributed by atoms with E-state index >= 15 is 0 Å². The van der Waals surface area contributed by atoms with E-state index in [2.05, 4.69) is 52.2 Å². The first kappa shape index (κ1) is 15.9. The molecule has 2 unspecified atom stereocenters. The predicted octanol–water partition coefficient (Wildman–Crippen LogP) is 3.03. The van der Waals surface area contributed by atoms with Crippen molar-refractivity contribution < 1.29 is 0 Å². The van der Waals surface area contributed by atoms with Crippen molar-refractivity contribution in [2.75, 3.05) is 13.1 Å². The fraction of sp³-hybridized carbons (Fsp3) is 1.00. The summed E-state index contributed by atoms with van der Waals surface area (Å²) in [7, 11) is 0. The van der Waals surface area contributed by atoms with Gasteiger partial charge in [0.25, 0.3) is 0 Å². The van der Waals surface area contributed by atoms with Crippen LogP contribution in [0.5, 0.6) is 0 Å². The zero-order valence-electron chi connectivity index (χ0n) is 12.1. The smallest absolute Gasteiger partial charge is 0.00535 e. The summed E-state index contributed by atoms with van der Waals surface area (Å²) in [6, 6.07) is 1.23. The molecule has 0 spiro atoms. The van der Waals surface area contributed by atoms with E-state index < -0.39 is 0 Å². The highest BCUT2D eigenvalue weighted by Crippen LogP contribution is 2.01. The zero-order chi connectivity index (χ0) is 12.6. The minimum absolute atomic E-state index is 0.615. The minimum Gasteiger partial charge on any atom is -0.314 e. The van der Waals surface area contributed by atoms with E-state index in [1.54, 1.807) is 0 Å². The lowest BCUT2D eigenvalue weighted by molar-refractivity contribution is 0.398. The van der Waals surface area contributed by atoms with E-state index in [-0.39, 0.29) is 0 Å². The molecule has 0 rings (SSSR count). The van der Waals surface area contributed by atoms with Gasteiger partial charge in [0.1, 0.15) is 0 Å². The first-order valence-corrected chi connectivity index (χ1v) is 6.88. The van der Waals surface area contributed by atoms with Crippen LogP contribution >= 0.6 is 0 Å². The monoisotopic (exact) mass is 228 g/mol. The van der Waals surface area contributed by atoms with Crippen LogP contribution in [0.2, 0.25) is 0 Å². The van der Waals surface area contributed by atoms with E-state index in [0.29, 0.717) is 12.1 Å². The van der Waals surface area contributed by atoms with Gasteiger partial charge in [-0.2, -0.15) is 0 Å². The molecule has 0 aliphatic heterocycles. The van der Waals surface area contributed by atoms with Gasteiger partial charge >= 0.3 is 0 Å². The maximum atomic E-state index is 3.59. The third-order valence-corrected chi connectivity index (χ3v) is 2.80. The van der Waals surface area contributed by atoms with Gasteiger partial charge in [-0.25, -0.2) is 0 Å². The summed E-state index contributed by atoms with van der Waals surface area (Å²) in [5, 5.41) is 7.16. The average molecular weight is 228 g/mol. The molecule has 0 heterocycles. The molecule has 2 N–H and O–H groups in total. The van der Waals surface area contributed by atoms with Crippen LogP contribution in [0.15, 0.2) is 0 Å². The second-order valence-electron chi connectivity index (χ2n) is 5.98. The number of rotatable bonds is 9. The summed E-state index contributed by atoms with van der Waals surface area (Å²) >= 11 is 0. The first-order chi connectivity index (χ1) is 7.41. The van der Waals surface area contributed by atoms with Gasteiger partial charge in [0, 0.05) is 12.1 Å². The van der Waals surface area contributed by atoms with Gasteiger partial charge in [-0.15, -0.1) is 0 Å². The van der Waals surface area contributed by atoms with Crippen LogP contribution in [0, 0.1) is 11.8 Å². The Balaban J connectivity index is 3.50. The molecule has 2 atom stereocenters. The van der Waals surface area contributed by atoms with Gasteiger partial charge in [0.2, 0.25) is 0 Å². The van der Waals surface area contributed by atoms with Crippen LogP contribution < -0.4 is 10.6 Å². The fourth-order valence-corrected chi connectivity index (χ4v) is 1.75. The van der Waals surface area contributed by atoms with Crippen LogP contribution in [0.4, 0.5) is 0 Å². The van der Waals surface area contributed by atoms with Crippen LogP contribution in [-0.4, -0.2) is 25.2 Å². The van der Waals surface area contributed by atoms with Gasteiger partial charge < -0.3 is 10.6 Å². The molecule has 0 aromatic carbocycles. The van der Waals surface area contributed by atoms with Crippen molar-refractivity contribution in [3.05, 3.63) is 0 Å². The summed E-state index contributed by atoms with van der Waals surface area (Å²) in [6.45, 7) is 15.9. The van der Waals surface area contributed by atoms with Crippen molar-refractivity contribution >= 4 is 0 Å². The van der Waals surface area contributed by atoms with E-state index in [0.717, 1.165) is 24.9 Å². The molecule has 2 heteroatoms. The van der Waals surface area contributed by atoms with Crippen LogP contribution in [0.1, 0.15) is 54.4 Å². The summed E-state index contributed by atoms with van der Waals surface area (Å²) < 4.78 is 0. The highest BCUT2D eigenvalue weighted by atomic mass is 14.9. The topological polar surface area (TPSA) is 24.1 Å². The van der Waals surface area contributed by atoms with Crippen molar-refractivity contribution in [3.63, 3.8) is 0 Å². The molecule has 0 aliphatic rings. The predicted molar refractivity (Wildman–Crippen MR) is 73.8 cm³/mol. The molecular formula is C14H32N2. The molecule has 0 saturated carbocycles. The SMILES string of the molecule is CC(C)CCNC(C)CC(C)NCC(C)C. The largest absolute Gasteiger partial charge is 0.314 e. The summed E-state index contributed by atoms with van der Waals surface area (Å²) in [4.78, 5) is 0. The average Bonchev–Trinajstić information content (AvgIpc) is 2.14. The quantitative estimate of drug-likeness (QED) is 0.634. The summed E-state index contributed by atoms with van der Waals surface area (Å²) in [5.74, 6) is 1.54.